The van der Waals surface area contributed by atoms with Gasteiger partial charge in [-0.25, -0.2) is 0 Å². The fourth-order valence-corrected chi connectivity index (χ4v) is 1.48. The van der Waals surface area contributed by atoms with Crippen molar-refractivity contribution in [1.82, 2.24) is 0 Å². The van der Waals surface area contributed by atoms with E-state index in [0.717, 1.165) is 5.56 Å². The molecule has 0 saturated heterocycles. The Morgan fingerprint density at radius 3 is 2.65 bits per heavy atom. The molecule has 0 aliphatic heterocycles. The number of carbonyl (C=O) groups excluding carboxylic acids is 1. The Morgan fingerprint density at radius 1 is 1.40 bits per heavy atom. The molecule has 0 bridgehead atoms. The molecule has 0 fully saturated rings. The minimum atomic E-state index is -4.52. The lowest BCUT2D eigenvalue weighted by atomic mass is 10.1. The lowest BCUT2D eigenvalue weighted by molar-refractivity contribution is -0.150. The first-order valence-electron chi connectivity index (χ1n) is 5.89. The third kappa shape index (κ3) is 5.76. The molecule has 0 radical (unpaired) electrons. The van der Waals surface area contributed by atoms with Gasteiger partial charge in [-0.2, -0.15) is 13.2 Å². The molecule has 20 heavy (non-hydrogen) atoms. The van der Waals surface area contributed by atoms with E-state index in [2.05, 4.69) is 17.2 Å². The second kappa shape index (κ2) is 6.96. The van der Waals surface area contributed by atoms with Crippen LogP contribution in [-0.4, -0.2) is 23.8 Å². The number of anilines is 1. The van der Waals surface area contributed by atoms with Crippen molar-refractivity contribution in [1.29, 1.82) is 0 Å². The molecule has 108 valence electrons. The first kappa shape index (κ1) is 16.1. The molecule has 6 heteroatoms. The molecule has 0 saturated carbocycles. The fourth-order valence-electron chi connectivity index (χ4n) is 1.48. The van der Waals surface area contributed by atoms with Crippen molar-refractivity contribution in [2.75, 3.05) is 11.9 Å². The van der Waals surface area contributed by atoms with Gasteiger partial charge in [-0.15, -0.1) is 0 Å². The number of hydrogen-bond donors (Lipinski definition) is 2. The van der Waals surface area contributed by atoms with Crippen LogP contribution in [0.15, 0.2) is 18.2 Å². The predicted octanol–water partition coefficient (Wildman–Crippen LogP) is 2.62. The SMILES string of the molecule is Cc1cc(NC(=O)CC(F)(F)F)ccc1C#CCCO. The van der Waals surface area contributed by atoms with Gasteiger partial charge in [0.25, 0.3) is 0 Å². The number of halogens is 3. The highest BCUT2D eigenvalue weighted by molar-refractivity contribution is 5.91. The number of benzene rings is 1. The van der Waals surface area contributed by atoms with Gasteiger partial charge in [0.05, 0.1) is 6.61 Å². The first-order chi connectivity index (χ1) is 9.31. The minimum Gasteiger partial charge on any atom is -0.395 e. The smallest absolute Gasteiger partial charge is 0.395 e. The maximum atomic E-state index is 12.0. The summed E-state index contributed by atoms with van der Waals surface area (Å²) in [6, 6.07) is 4.66. The summed E-state index contributed by atoms with van der Waals surface area (Å²) in [5.41, 5.74) is 1.73. The van der Waals surface area contributed by atoms with Crippen molar-refractivity contribution in [3.05, 3.63) is 29.3 Å². The lowest BCUT2D eigenvalue weighted by Gasteiger charge is -2.09. The van der Waals surface area contributed by atoms with Gasteiger partial charge in [0.1, 0.15) is 6.42 Å². The van der Waals surface area contributed by atoms with Crippen molar-refractivity contribution in [3.8, 4) is 11.8 Å². The molecule has 1 amide bonds. The number of nitrogens with one attached hydrogen (secondary N) is 1. The van der Waals surface area contributed by atoms with E-state index in [0.29, 0.717) is 17.7 Å². The van der Waals surface area contributed by atoms with Crippen LogP contribution in [0.1, 0.15) is 24.0 Å². The Hall–Kier alpha value is -2.00. The monoisotopic (exact) mass is 285 g/mol. The highest BCUT2D eigenvalue weighted by atomic mass is 19.4. The molecular formula is C14H14F3NO2. The van der Waals surface area contributed by atoms with E-state index in [1.807, 2.05) is 0 Å². The molecule has 2 N–H and O–H groups in total. The molecule has 0 unspecified atom stereocenters. The van der Waals surface area contributed by atoms with Gasteiger partial charge in [-0.05, 0) is 30.7 Å². The molecule has 0 aliphatic rings. The van der Waals surface area contributed by atoms with E-state index in [-0.39, 0.29) is 6.61 Å². The Bertz CT molecular complexity index is 542. The molecule has 1 rings (SSSR count). The van der Waals surface area contributed by atoms with Crippen molar-refractivity contribution in [2.45, 2.75) is 25.9 Å². The Kier molecular flexibility index (Phi) is 5.59. The standard InChI is InChI=1S/C14H14F3NO2/c1-10-8-12(18-13(20)9-14(15,16)17)6-5-11(10)4-2-3-7-19/h5-6,8,19H,3,7,9H2,1H3,(H,18,20). The number of aliphatic hydroxyl groups is 1. The van der Waals surface area contributed by atoms with E-state index >= 15 is 0 Å². The average molecular weight is 285 g/mol. The van der Waals surface area contributed by atoms with Gasteiger partial charge in [-0.1, -0.05) is 11.8 Å². The van der Waals surface area contributed by atoms with Crippen molar-refractivity contribution >= 4 is 11.6 Å². The largest absolute Gasteiger partial charge is 0.397 e. The van der Waals surface area contributed by atoms with Crippen LogP contribution in [0.25, 0.3) is 0 Å². The highest BCUT2D eigenvalue weighted by Gasteiger charge is 2.31. The average Bonchev–Trinajstić information content (AvgIpc) is 2.29. The van der Waals surface area contributed by atoms with Crippen molar-refractivity contribution < 1.29 is 23.1 Å². The zero-order valence-corrected chi connectivity index (χ0v) is 10.8. The molecule has 0 spiro atoms. The van der Waals surface area contributed by atoms with Crippen molar-refractivity contribution in [2.24, 2.45) is 0 Å². The summed E-state index contributed by atoms with van der Waals surface area (Å²) in [5, 5.41) is 10.8. The van der Waals surface area contributed by atoms with Crippen LogP contribution < -0.4 is 5.32 Å². The molecule has 1 aromatic rings. The second-order valence-corrected chi connectivity index (χ2v) is 4.15. The summed E-state index contributed by atoms with van der Waals surface area (Å²) in [6.07, 6.45) is -5.68. The maximum Gasteiger partial charge on any atom is 0.397 e. The summed E-state index contributed by atoms with van der Waals surface area (Å²) < 4.78 is 36.1. The molecule has 0 aromatic heterocycles. The van der Waals surface area contributed by atoms with Crippen LogP contribution in [-0.2, 0) is 4.79 Å². The Labute approximate surface area is 114 Å². The second-order valence-electron chi connectivity index (χ2n) is 4.15. The topological polar surface area (TPSA) is 49.3 Å². The number of aliphatic hydroxyl groups excluding tert-OH is 1. The van der Waals surface area contributed by atoms with E-state index in [1.54, 1.807) is 19.1 Å². The van der Waals surface area contributed by atoms with Gasteiger partial charge in [0, 0.05) is 17.7 Å². The number of hydrogen-bond acceptors (Lipinski definition) is 2. The summed E-state index contributed by atoms with van der Waals surface area (Å²) >= 11 is 0. The molecule has 1 aromatic carbocycles. The van der Waals surface area contributed by atoms with Gasteiger partial charge in [0.15, 0.2) is 0 Å². The zero-order valence-electron chi connectivity index (χ0n) is 10.8. The van der Waals surface area contributed by atoms with Gasteiger partial charge < -0.3 is 10.4 Å². The zero-order chi connectivity index (χ0) is 15.2. The van der Waals surface area contributed by atoms with E-state index < -0.39 is 18.5 Å². The minimum absolute atomic E-state index is 0.0301. The van der Waals surface area contributed by atoms with Crippen LogP contribution in [0.5, 0.6) is 0 Å². The van der Waals surface area contributed by atoms with Crippen LogP contribution in [0.2, 0.25) is 0 Å². The molecule has 0 heterocycles. The molecule has 3 nitrogen and oxygen atoms in total. The van der Waals surface area contributed by atoms with Crippen molar-refractivity contribution in [3.63, 3.8) is 0 Å². The van der Waals surface area contributed by atoms with Gasteiger partial charge in [-0.3, -0.25) is 4.79 Å². The van der Waals surface area contributed by atoms with Gasteiger partial charge in [0.2, 0.25) is 5.91 Å². The van der Waals surface area contributed by atoms with Crippen LogP contribution >= 0.6 is 0 Å². The van der Waals surface area contributed by atoms with Crippen LogP contribution in [0, 0.1) is 18.8 Å². The number of aryl methyl sites for hydroxylation is 1. The van der Waals surface area contributed by atoms with Crippen LogP contribution in [0.4, 0.5) is 18.9 Å². The molecule has 0 atom stereocenters. The maximum absolute atomic E-state index is 12.0. The van der Waals surface area contributed by atoms with E-state index in [1.165, 1.54) is 6.07 Å². The van der Waals surface area contributed by atoms with Crippen LogP contribution in [0.3, 0.4) is 0 Å². The number of alkyl halides is 3. The summed E-state index contributed by atoms with van der Waals surface area (Å²) in [4.78, 5) is 11.1. The quantitative estimate of drug-likeness (QED) is 0.839. The lowest BCUT2D eigenvalue weighted by Crippen LogP contribution is -2.21. The number of carbonyl (C=O) groups is 1. The molecular weight excluding hydrogens is 271 g/mol. The third-order valence-electron chi connectivity index (χ3n) is 2.33. The Morgan fingerprint density at radius 2 is 2.10 bits per heavy atom. The highest BCUT2D eigenvalue weighted by Crippen LogP contribution is 2.21. The Balaban J connectivity index is 2.73. The molecule has 0 aliphatic carbocycles. The third-order valence-corrected chi connectivity index (χ3v) is 2.33. The fraction of sp³-hybridized carbons (Fsp3) is 0.357. The summed E-state index contributed by atoms with van der Waals surface area (Å²) in [5.74, 6) is 4.48. The predicted molar refractivity (Wildman–Crippen MR) is 69.1 cm³/mol. The van der Waals surface area contributed by atoms with E-state index in [4.69, 9.17) is 5.11 Å². The normalized spacial score (nSPS) is 10.7. The summed E-state index contributed by atoms with van der Waals surface area (Å²) in [6.45, 7) is 1.71. The van der Waals surface area contributed by atoms with Gasteiger partial charge >= 0.3 is 6.18 Å². The number of amides is 1. The first-order valence-corrected chi connectivity index (χ1v) is 5.89. The summed E-state index contributed by atoms with van der Waals surface area (Å²) in [7, 11) is 0. The number of rotatable bonds is 3. The van der Waals surface area contributed by atoms with E-state index in [9.17, 15) is 18.0 Å².